The van der Waals surface area contributed by atoms with Gasteiger partial charge in [-0.3, -0.25) is 10.1 Å². The van der Waals surface area contributed by atoms with Gasteiger partial charge >= 0.3 is 5.97 Å². The SMILES string of the molecule is CC(C)NS(=O)(=O)c1ccc(C2=N/C(=C\c3ccccc3[N+](=O)[O-])C(=O)O2)cc1. The zero-order chi connectivity index (χ0) is 21.2. The highest BCUT2D eigenvalue weighted by molar-refractivity contribution is 7.89. The third kappa shape index (κ3) is 4.55. The maximum atomic E-state index is 12.2. The number of benzene rings is 2. The zero-order valence-electron chi connectivity index (χ0n) is 15.5. The second-order valence-electron chi connectivity index (χ2n) is 6.45. The van der Waals surface area contributed by atoms with Gasteiger partial charge in [0.1, 0.15) is 0 Å². The third-order valence-corrected chi connectivity index (χ3v) is 5.52. The van der Waals surface area contributed by atoms with Crippen molar-refractivity contribution in [3.63, 3.8) is 0 Å². The summed E-state index contributed by atoms with van der Waals surface area (Å²) in [5.74, 6) is -0.767. The van der Waals surface area contributed by atoms with Crippen LogP contribution in [0.25, 0.3) is 6.08 Å². The lowest BCUT2D eigenvalue weighted by molar-refractivity contribution is -0.385. The van der Waals surface area contributed by atoms with Gasteiger partial charge in [0, 0.05) is 17.7 Å². The molecule has 0 bridgehead atoms. The van der Waals surface area contributed by atoms with E-state index in [9.17, 15) is 23.3 Å². The van der Waals surface area contributed by atoms with Crippen LogP contribution in [0.2, 0.25) is 0 Å². The number of para-hydroxylation sites is 1. The molecule has 3 rings (SSSR count). The predicted molar refractivity (Wildman–Crippen MR) is 106 cm³/mol. The van der Waals surface area contributed by atoms with Crippen molar-refractivity contribution in [2.75, 3.05) is 0 Å². The van der Waals surface area contributed by atoms with Crippen molar-refractivity contribution in [2.24, 2.45) is 4.99 Å². The summed E-state index contributed by atoms with van der Waals surface area (Å²) in [6, 6.07) is 11.4. The molecule has 0 radical (unpaired) electrons. The molecule has 1 aliphatic heterocycles. The summed E-state index contributed by atoms with van der Waals surface area (Å²) in [7, 11) is -3.65. The fourth-order valence-electron chi connectivity index (χ4n) is 2.61. The summed E-state index contributed by atoms with van der Waals surface area (Å²) in [6.07, 6.45) is 1.28. The van der Waals surface area contributed by atoms with Crippen LogP contribution in [0, 0.1) is 10.1 Å². The molecule has 2 aromatic carbocycles. The van der Waals surface area contributed by atoms with E-state index in [0.717, 1.165) is 0 Å². The molecule has 0 aliphatic carbocycles. The lowest BCUT2D eigenvalue weighted by atomic mass is 10.1. The number of nitro benzene ring substituents is 1. The number of esters is 1. The van der Waals surface area contributed by atoms with Crippen molar-refractivity contribution >= 4 is 33.7 Å². The summed E-state index contributed by atoms with van der Waals surface area (Å²) < 4.78 is 32.0. The molecule has 0 unspecified atom stereocenters. The highest BCUT2D eigenvalue weighted by Gasteiger charge is 2.26. The fraction of sp³-hybridized carbons (Fsp3) is 0.158. The Kier molecular flexibility index (Phi) is 5.57. The highest BCUT2D eigenvalue weighted by Crippen LogP contribution is 2.24. The Morgan fingerprint density at radius 3 is 2.41 bits per heavy atom. The number of nitrogens with zero attached hydrogens (tertiary/aromatic N) is 2. The maximum Gasteiger partial charge on any atom is 0.363 e. The number of aliphatic imine (C=N–C) groups is 1. The Bertz CT molecular complexity index is 1130. The van der Waals surface area contributed by atoms with E-state index in [1.807, 2.05) is 0 Å². The van der Waals surface area contributed by atoms with Crippen LogP contribution in [-0.2, 0) is 19.6 Å². The first-order valence-corrected chi connectivity index (χ1v) is 10.0. The smallest absolute Gasteiger partial charge is 0.363 e. The Balaban J connectivity index is 1.90. The van der Waals surface area contributed by atoms with Gasteiger partial charge in [-0.2, -0.15) is 0 Å². The van der Waals surface area contributed by atoms with Gasteiger partial charge in [-0.05, 0) is 50.3 Å². The Morgan fingerprint density at radius 2 is 1.79 bits per heavy atom. The normalized spacial score (nSPS) is 15.5. The molecule has 9 nitrogen and oxygen atoms in total. The van der Waals surface area contributed by atoms with Crippen LogP contribution in [0.5, 0.6) is 0 Å². The van der Waals surface area contributed by atoms with Crippen molar-refractivity contribution in [3.05, 3.63) is 75.5 Å². The largest absolute Gasteiger partial charge is 0.402 e. The minimum absolute atomic E-state index is 0.0133. The van der Waals surface area contributed by atoms with E-state index in [1.165, 1.54) is 48.5 Å². The summed E-state index contributed by atoms with van der Waals surface area (Å²) >= 11 is 0. The molecular weight excluding hydrogens is 398 g/mol. The minimum atomic E-state index is -3.65. The van der Waals surface area contributed by atoms with Crippen molar-refractivity contribution in [1.29, 1.82) is 0 Å². The molecular formula is C19H17N3O6S. The van der Waals surface area contributed by atoms with Gasteiger partial charge in [-0.25, -0.2) is 22.9 Å². The van der Waals surface area contributed by atoms with Crippen molar-refractivity contribution in [1.82, 2.24) is 4.72 Å². The number of nitro groups is 1. The molecule has 0 amide bonds. The molecule has 29 heavy (non-hydrogen) atoms. The van der Waals surface area contributed by atoms with Crippen LogP contribution >= 0.6 is 0 Å². The van der Waals surface area contributed by atoms with Gasteiger partial charge < -0.3 is 4.74 Å². The van der Waals surface area contributed by atoms with Crippen LogP contribution < -0.4 is 4.72 Å². The lowest BCUT2D eigenvalue weighted by Crippen LogP contribution is -2.30. The first kappa shape index (κ1) is 20.4. The van der Waals surface area contributed by atoms with E-state index in [4.69, 9.17) is 4.74 Å². The Morgan fingerprint density at radius 1 is 1.14 bits per heavy atom. The van der Waals surface area contributed by atoms with E-state index < -0.39 is 20.9 Å². The number of carbonyl (C=O) groups excluding carboxylic acids is 1. The molecule has 0 saturated heterocycles. The van der Waals surface area contributed by atoms with Crippen LogP contribution in [0.4, 0.5) is 5.69 Å². The molecule has 1 heterocycles. The standard InChI is InChI=1S/C19H17N3O6S/c1-12(2)21-29(26,27)15-9-7-13(8-10-15)18-20-16(19(23)28-18)11-14-5-3-4-6-17(14)22(24)25/h3-12,21H,1-2H3/b16-11-. The topological polar surface area (TPSA) is 128 Å². The number of cyclic esters (lactones) is 1. The van der Waals surface area contributed by atoms with Gasteiger partial charge in [0.25, 0.3) is 5.69 Å². The summed E-state index contributed by atoms with van der Waals surface area (Å²) in [5, 5.41) is 11.1. The minimum Gasteiger partial charge on any atom is -0.402 e. The number of sulfonamides is 1. The number of hydrogen-bond acceptors (Lipinski definition) is 7. The van der Waals surface area contributed by atoms with Crippen molar-refractivity contribution < 1.29 is 22.9 Å². The van der Waals surface area contributed by atoms with Crippen LogP contribution in [0.1, 0.15) is 25.0 Å². The average molecular weight is 415 g/mol. The third-order valence-electron chi connectivity index (χ3n) is 3.85. The average Bonchev–Trinajstić information content (AvgIpc) is 3.01. The number of hydrogen-bond donors (Lipinski definition) is 1. The van der Waals surface area contributed by atoms with Crippen molar-refractivity contribution in [2.45, 2.75) is 24.8 Å². The van der Waals surface area contributed by atoms with Gasteiger partial charge in [-0.15, -0.1) is 0 Å². The van der Waals surface area contributed by atoms with E-state index >= 15 is 0 Å². The first-order chi connectivity index (χ1) is 13.7. The van der Waals surface area contributed by atoms with E-state index in [-0.39, 0.29) is 33.8 Å². The number of ether oxygens (including phenoxy) is 1. The van der Waals surface area contributed by atoms with Crippen LogP contribution in [-0.4, -0.2) is 31.2 Å². The molecule has 1 aliphatic rings. The quantitative estimate of drug-likeness (QED) is 0.334. The number of rotatable bonds is 6. The van der Waals surface area contributed by atoms with Gasteiger partial charge in [0.05, 0.1) is 15.4 Å². The monoisotopic (exact) mass is 415 g/mol. The second kappa shape index (κ2) is 7.94. The molecule has 10 heteroatoms. The molecule has 0 saturated carbocycles. The molecule has 150 valence electrons. The number of carbonyl (C=O) groups is 1. The molecule has 0 spiro atoms. The molecule has 0 fully saturated rings. The summed E-state index contributed by atoms with van der Waals surface area (Å²) in [5.41, 5.74) is 0.361. The number of nitrogens with one attached hydrogen (secondary N) is 1. The van der Waals surface area contributed by atoms with E-state index in [2.05, 4.69) is 9.71 Å². The van der Waals surface area contributed by atoms with Gasteiger partial charge in [0.2, 0.25) is 15.9 Å². The molecule has 0 atom stereocenters. The lowest BCUT2D eigenvalue weighted by Gasteiger charge is -2.09. The summed E-state index contributed by atoms with van der Waals surface area (Å²) in [4.78, 5) is 26.8. The van der Waals surface area contributed by atoms with E-state index in [0.29, 0.717) is 5.56 Å². The Labute approximate surface area is 166 Å². The van der Waals surface area contributed by atoms with Gasteiger partial charge in [0.15, 0.2) is 5.70 Å². The molecule has 1 N–H and O–H groups in total. The second-order valence-corrected chi connectivity index (χ2v) is 8.17. The molecule has 2 aromatic rings. The van der Waals surface area contributed by atoms with Crippen LogP contribution in [0.3, 0.4) is 0 Å². The van der Waals surface area contributed by atoms with E-state index in [1.54, 1.807) is 19.9 Å². The maximum absolute atomic E-state index is 12.2. The Hall–Kier alpha value is -3.37. The molecule has 0 aromatic heterocycles. The van der Waals surface area contributed by atoms with Crippen molar-refractivity contribution in [3.8, 4) is 0 Å². The van der Waals surface area contributed by atoms with Gasteiger partial charge in [-0.1, -0.05) is 12.1 Å². The first-order valence-electron chi connectivity index (χ1n) is 8.56. The fourth-order valence-corrected chi connectivity index (χ4v) is 3.86. The van der Waals surface area contributed by atoms with Crippen LogP contribution in [0.15, 0.2) is 64.1 Å². The predicted octanol–water partition coefficient (Wildman–Crippen LogP) is 2.63. The highest BCUT2D eigenvalue weighted by atomic mass is 32.2. The zero-order valence-corrected chi connectivity index (χ0v) is 16.3. The summed E-state index contributed by atoms with van der Waals surface area (Å²) in [6.45, 7) is 3.42.